The second-order valence-electron chi connectivity index (χ2n) is 4.04. The summed E-state index contributed by atoms with van der Waals surface area (Å²) in [7, 11) is 0. The number of aliphatic carboxylic acids is 8. The molecule has 184 valence electrons. The molecule has 33 heavy (non-hydrogen) atoms. The maximum absolute atomic E-state index is 9.55. The minimum absolute atomic E-state index is 0. The SMILES string of the molecule is O.O=C(O)C=CC(=O)O.O=C(O)C=CC(=O)O.O=C(O)C=CC(=O)O.O=C(O)C=CC(=O)O. The van der Waals surface area contributed by atoms with Crippen molar-refractivity contribution in [1.82, 2.24) is 0 Å². The maximum atomic E-state index is 9.55. The molecular formula is C16H18O17. The molecule has 17 heteroatoms. The van der Waals surface area contributed by atoms with Gasteiger partial charge in [-0.05, 0) is 0 Å². The third-order valence-corrected chi connectivity index (χ3v) is 1.47. The first kappa shape index (κ1) is 38.3. The van der Waals surface area contributed by atoms with Crippen LogP contribution in [0.2, 0.25) is 0 Å². The van der Waals surface area contributed by atoms with Crippen LogP contribution in [0, 0.1) is 0 Å². The van der Waals surface area contributed by atoms with Gasteiger partial charge in [0.15, 0.2) is 0 Å². The van der Waals surface area contributed by atoms with E-state index in [1.807, 2.05) is 0 Å². The van der Waals surface area contributed by atoms with Gasteiger partial charge >= 0.3 is 47.8 Å². The van der Waals surface area contributed by atoms with Crippen LogP contribution in [0.1, 0.15) is 0 Å². The molecule has 0 heterocycles. The van der Waals surface area contributed by atoms with Gasteiger partial charge in [-0.3, -0.25) is 0 Å². The number of hydrogen-bond acceptors (Lipinski definition) is 8. The number of carboxylic acids is 8. The van der Waals surface area contributed by atoms with E-state index in [0.29, 0.717) is 48.6 Å². The Balaban J connectivity index is -0.000000105. The molecule has 0 aromatic carbocycles. The Kier molecular flexibility index (Phi) is 28.7. The Hall–Kier alpha value is -5.32. The zero-order valence-electron chi connectivity index (χ0n) is 16.0. The summed E-state index contributed by atoms with van der Waals surface area (Å²) in [5, 5.41) is 62.5. The van der Waals surface area contributed by atoms with Crippen LogP contribution < -0.4 is 0 Å². The quantitative estimate of drug-likeness (QED) is 0.174. The van der Waals surface area contributed by atoms with Crippen LogP contribution in [0.25, 0.3) is 0 Å². The minimum atomic E-state index is -1.26. The van der Waals surface area contributed by atoms with Gasteiger partial charge in [-0.15, -0.1) is 0 Å². The monoisotopic (exact) mass is 482 g/mol. The van der Waals surface area contributed by atoms with E-state index >= 15 is 0 Å². The normalized spacial score (nSPS) is 9.21. The van der Waals surface area contributed by atoms with Gasteiger partial charge in [0, 0.05) is 48.6 Å². The molecule has 10 N–H and O–H groups in total. The highest BCUT2D eigenvalue weighted by Crippen LogP contribution is 1.72. The summed E-state index contributed by atoms with van der Waals surface area (Å²) in [6.07, 6.45) is 4.46. The summed E-state index contributed by atoms with van der Waals surface area (Å²) >= 11 is 0. The van der Waals surface area contributed by atoms with Crippen molar-refractivity contribution in [2.45, 2.75) is 0 Å². The van der Waals surface area contributed by atoms with Crippen molar-refractivity contribution < 1.29 is 84.7 Å². The van der Waals surface area contributed by atoms with Crippen molar-refractivity contribution >= 4 is 47.8 Å². The van der Waals surface area contributed by atoms with E-state index in [0.717, 1.165) is 0 Å². The molecule has 0 radical (unpaired) electrons. The van der Waals surface area contributed by atoms with Gasteiger partial charge < -0.3 is 46.3 Å². The molecule has 0 aliphatic carbocycles. The first-order valence-electron chi connectivity index (χ1n) is 7.06. The van der Waals surface area contributed by atoms with Crippen LogP contribution in [0.15, 0.2) is 48.6 Å². The Morgan fingerprint density at radius 2 is 0.333 bits per heavy atom. The van der Waals surface area contributed by atoms with Crippen molar-refractivity contribution in [1.29, 1.82) is 0 Å². The lowest BCUT2D eigenvalue weighted by Gasteiger charge is -1.74. The smallest absolute Gasteiger partial charge is 0.328 e. The Morgan fingerprint density at radius 3 is 0.364 bits per heavy atom. The van der Waals surface area contributed by atoms with Gasteiger partial charge in [-0.25, -0.2) is 38.4 Å². The Labute approximate surface area is 182 Å². The molecule has 0 amide bonds. The molecule has 0 spiro atoms. The van der Waals surface area contributed by atoms with Gasteiger partial charge in [0.1, 0.15) is 0 Å². The third kappa shape index (κ3) is 75.4. The molecule has 0 atom stereocenters. The van der Waals surface area contributed by atoms with Crippen LogP contribution in [0.4, 0.5) is 0 Å². The van der Waals surface area contributed by atoms with Crippen LogP contribution in [-0.2, 0) is 38.4 Å². The minimum Gasteiger partial charge on any atom is -0.478 e. The van der Waals surface area contributed by atoms with Gasteiger partial charge in [0.05, 0.1) is 0 Å². The zero-order chi connectivity index (χ0) is 26.3. The predicted octanol–water partition coefficient (Wildman–Crippen LogP) is -1.98. The molecule has 0 fully saturated rings. The van der Waals surface area contributed by atoms with E-state index < -0.39 is 47.8 Å². The average molecular weight is 482 g/mol. The molecule has 0 unspecified atom stereocenters. The van der Waals surface area contributed by atoms with Crippen molar-refractivity contribution in [3.8, 4) is 0 Å². The van der Waals surface area contributed by atoms with Gasteiger partial charge in [0.25, 0.3) is 0 Å². The molecule has 0 rings (SSSR count). The highest BCUT2D eigenvalue weighted by Gasteiger charge is 1.90. The average Bonchev–Trinajstić information content (AvgIpc) is 2.63. The summed E-state index contributed by atoms with van der Waals surface area (Å²) in [6, 6.07) is 0. The summed E-state index contributed by atoms with van der Waals surface area (Å²) in [5.41, 5.74) is 0. The topological polar surface area (TPSA) is 330 Å². The third-order valence-electron chi connectivity index (χ3n) is 1.47. The molecule has 0 aliphatic heterocycles. The highest BCUT2D eigenvalue weighted by molar-refractivity contribution is 5.91. The fourth-order valence-corrected chi connectivity index (χ4v) is 0.570. The van der Waals surface area contributed by atoms with E-state index in [1.54, 1.807) is 0 Å². The lowest BCUT2D eigenvalue weighted by Crippen LogP contribution is -1.91. The summed E-state index contributed by atoms with van der Waals surface area (Å²) in [4.78, 5) is 76.4. The van der Waals surface area contributed by atoms with Crippen molar-refractivity contribution in [3.63, 3.8) is 0 Å². The van der Waals surface area contributed by atoms with Crippen LogP contribution >= 0.6 is 0 Å². The molecular weight excluding hydrogens is 464 g/mol. The summed E-state index contributed by atoms with van der Waals surface area (Å²) in [6.45, 7) is 0. The second kappa shape index (κ2) is 24.7. The van der Waals surface area contributed by atoms with Crippen molar-refractivity contribution in [2.24, 2.45) is 0 Å². The van der Waals surface area contributed by atoms with E-state index in [9.17, 15) is 38.4 Å². The fraction of sp³-hybridized carbons (Fsp3) is 0. The molecule has 0 saturated carbocycles. The van der Waals surface area contributed by atoms with Crippen LogP contribution in [0.3, 0.4) is 0 Å². The lowest BCUT2D eigenvalue weighted by molar-refractivity contribution is -0.134. The van der Waals surface area contributed by atoms with Crippen LogP contribution in [0.5, 0.6) is 0 Å². The maximum Gasteiger partial charge on any atom is 0.328 e. The number of rotatable bonds is 8. The molecule has 0 aliphatic rings. The Bertz CT molecular complexity index is 613. The first-order chi connectivity index (χ1) is 14.5. The molecule has 0 aromatic heterocycles. The van der Waals surface area contributed by atoms with E-state index in [1.165, 1.54) is 0 Å². The predicted molar refractivity (Wildman–Crippen MR) is 101 cm³/mol. The van der Waals surface area contributed by atoms with Gasteiger partial charge in [-0.2, -0.15) is 0 Å². The molecule has 0 bridgehead atoms. The number of carbonyl (C=O) groups is 8. The molecule has 17 nitrogen and oxygen atoms in total. The standard InChI is InChI=1S/4C4H4O4.H2O/c4*5-3(6)1-2-4(7)8;/h4*1-2H,(H,5,6)(H,7,8);1H2. The molecule has 0 aromatic rings. The van der Waals surface area contributed by atoms with Crippen molar-refractivity contribution in [3.05, 3.63) is 48.6 Å². The summed E-state index contributed by atoms with van der Waals surface area (Å²) in [5.74, 6) is -10.1. The second-order valence-corrected chi connectivity index (χ2v) is 4.04. The first-order valence-corrected chi connectivity index (χ1v) is 7.06. The summed E-state index contributed by atoms with van der Waals surface area (Å²) < 4.78 is 0. The fourth-order valence-electron chi connectivity index (χ4n) is 0.570. The molecule has 0 saturated heterocycles. The largest absolute Gasteiger partial charge is 0.478 e. The van der Waals surface area contributed by atoms with Gasteiger partial charge in [-0.1, -0.05) is 0 Å². The Morgan fingerprint density at radius 1 is 0.273 bits per heavy atom. The highest BCUT2D eigenvalue weighted by atomic mass is 16.4. The van der Waals surface area contributed by atoms with Gasteiger partial charge in [0.2, 0.25) is 0 Å². The number of hydrogen-bond donors (Lipinski definition) is 8. The lowest BCUT2D eigenvalue weighted by atomic mass is 10.5. The van der Waals surface area contributed by atoms with Crippen molar-refractivity contribution in [2.75, 3.05) is 0 Å². The van der Waals surface area contributed by atoms with E-state index in [4.69, 9.17) is 40.9 Å². The van der Waals surface area contributed by atoms with E-state index in [2.05, 4.69) is 0 Å². The zero-order valence-corrected chi connectivity index (χ0v) is 16.0. The van der Waals surface area contributed by atoms with Crippen LogP contribution in [-0.4, -0.2) is 94.1 Å². The van der Waals surface area contributed by atoms with E-state index in [-0.39, 0.29) is 5.48 Å². The number of carboxylic acid groups (broad SMARTS) is 8.